The van der Waals surface area contributed by atoms with Gasteiger partial charge in [-0.1, -0.05) is 12.1 Å². The van der Waals surface area contributed by atoms with Crippen molar-refractivity contribution in [1.29, 1.82) is 5.26 Å². The Morgan fingerprint density at radius 1 is 1.44 bits per heavy atom. The number of likely N-dealkylation sites (N-methyl/N-ethyl adjacent to an activating group) is 1. The van der Waals surface area contributed by atoms with E-state index < -0.39 is 17.5 Å². The van der Waals surface area contributed by atoms with E-state index >= 15 is 0 Å². The van der Waals surface area contributed by atoms with Gasteiger partial charge in [0.05, 0.1) is 11.6 Å². The average Bonchev–Trinajstić information content (AvgIpc) is 3.38. The van der Waals surface area contributed by atoms with Crippen molar-refractivity contribution >= 4 is 17.8 Å². The van der Waals surface area contributed by atoms with Gasteiger partial charge in [0.1, 0.15) is 12.1 Å². The van der Waals surface area contributed by atoms with E-state index in [9.17, 15) is 14.4 Å². The maximum Gasteiger partial charge on any atom is 0.325 e. The standard InChI is InChI=1S/C18H20N4O3/c1-18(14-5-3-4-13(8-14)9-19)16(24)22(17(25)20-18)11-15(23)21(2)10-12-6-7-12/h3-5,8,12H,6-7,10-11H2,1-2H3,(H,20,25)/t18-/m1/s1. The van der Waals surface area contributed by atoms with Gasteiger partial charge in [0.25, 0.3) is 5.91 Å². The summed E-state index contributed by atoms with van der Waals surface area (Å²) in [4.78, 5) is 39.9. The number of hydrogen-bond acceptors (Lipinski definition) is 4. The van der Waals surface area contributed by atoms with Crippen molar-refractivity contribution in [1.82, 2.24) is 15.1 Å². The molecule has 1 aliphatic heterocycles. The van der Waals surface area contributed by atoms with Crippen LogP contribution in [-0.2, 0) is 15.1 Å². The number of benzene rings is 1. The molecule has 1 aromatic carbocycles. The van der Waals surface area contributed by atoms with E-state index in [0.29, 0.717) is 23.6 Å². The highest BCUT2D eigenvalue weighted by Crippen LogP contribution is 2.30. The first-order valence-corrected chi connectivity index (χ1v) is 8.24. The molecule has 0 spiro atoms. The molecule has 25 heavy (non-hydrogen) atoms. The predicted molar refractivity (Wildman–Crippen MR) is 89.1 cm³/mol. The van der Waals surface area contributed by atoms with Gasteiger partial charge in [0, 0.05) is 13.6 Å². The average molecular weight is 340 g/mol. The molecule has 2 fully saturated rings. The summed E-state index contributed by atoms with van der Waals surface area (Å²) in [6.07, 6.45) is 2.24. The summed E-state index contributed by atoms with van der Waals surface area (Å²) in [5, 5.41) is 11.7. The number of imide groups is 1. The van der Waals surface area contributed by atoms with Gasteiger partial charge >= 0.3 is 6.03 Å². The van der Waals surface area contributed by atoms with Gasteiger partial charge in [-0.2, -0.15) is 5.26 Å². The lowest BCUT2D eigenvalue weighted by Crippen LogP contribution is -2.44. The first kappa shape index (κ1) is 17.0. The number of rotatable bonds is 5. The van der Waals surface area contributed by atoms with Crippen LogP contribution in [0, 0.1) is 17.2 Å². The Labute approximate surface area is 146 Å². The molecule has 1 aliphatic carbocycles. The SMILES string of the molecule is CN(CC1CC1)C(=O)CN1C(=O)N[C@](C)(c2cccc(C#N)c2)C1=O. The zero-order chi connectivity index (χ0) is 18.2. The van der Waals surface area contributed by atoms with Crippen molar-refractivity contribution in [2.24, 2.45) is 5.92 Å². The molecular weight excluding hydrogens is 320 g/mol. The highest BCUT2D eigenvalue weighted by atomic mass is 16.2. The lowest BCUT2D eigenvalue weighted by Gasteiger charge is -2.23. The van der Waals surface area contributed by atoms with Crippen LogP contribution in [-0.4, -0.2) is 47.8 Å². The molecular formula is C18H20N4O3. The van der Waals surface area contributed by atoms with Crippen molar-refractivity contribution < 1.29 is 14.4 Å². The second-order valence-electron chi connectivity index (χ2n) is 6.86. The Hall–Kier alpha value is -2.88. The van der Waals surface area contributed by atoms with E-state index in [1.54, 1.807) is 43.1 Å². The molecule has 1 saturated carbocycles. The molecule has 130 valence electrons. The molecule has 0 bridgehead atoms. The number of urea groups is 1. The summed E-state index contributed by atoms with van der Waals surface area (Å²) >= 11 is 0. The third-order valence-corrected chi connectivity index (χ3v) is 4.79. The number of nitriles is 1. The Morgan fingerprint density at radius 2 is 2.16 bits per heavy atom. The number of carbonyl (C=O) groups excluding carboxylic acids is 3. The molecule has 1 saturated heterocycles. The molecule has 0 unspecified atom stereocenters. The van der Waals surface area contributed by atoms with Crippen LogP contribution >= 0.6 is 0 Å². The third-order valence-electron chi connectivity index (χ3n) is 4.79. The molecule has 7 heteroatoms. The fourth-order valence-electron chi connectivity index (χ4n) is 2.98. The van der Waals surface area contributed by atoms with Crippen molar-refractivity contribution in [3.63, 3.8) is 0 Å². The van der Waals surface area contributed by atoms with E-state index in [1.165, 1.54) is 0 Å². The Balaban J connectivity index is 1.77. The Bertz CT molecular complexity index is 781. The van der Waals surface area contributed by atoms with Gasteiger partial charge < -0.3 is 10.2 Å². The normalized spacial score (nSPS) is 22.5. The number of carbonyl (C=O) groups is 3. The van der Waals surface area contributed by atoms with Crippen LogP contribution in [0.3, 0.4) is 0 Å². The van der Waals surface area contributed by atoms with Crippen LogP contribution in [0.15, 0.2) is 24.3 Å². The summed E-state index contributed by atoms with van der Waals surface area (Å²) in [7, 11) is 1.69. The minimum absolute atomic E-state index is 0.259. The van der Waals surface area contributed by atoms with Gasteiger partial charge in [-0.3, -0.25) is 14.5 Å². The van der Waals surface area contributed by atoms with Crippen LogP contribution in [0.5, 0.6) is 0 Å². The van der Waals surface area contributed by atoms with E-state index in [2.05, 4.69) is 5.32 Å². The Kier molecular flexibility index (Phi) is 4.21. The summed E-state index contributed by atoms with van der Waals surface area (Å²) < 4.78 is 0. The number of hydrogen-bond donors (Lipinski definition) is 1. The molecule has 2 aliphatic rings. The van der Waals surface area contributed by atoms with E-state index in [0.717, 1.165) is 17.7 Å². The second kappa shape index (κ2) is 6.20. The first-order valence-electron chi connectivity index (χ1n) is 8.24. The van der Waals surface area contributed by atoms with Gasteiger partial charge in [-0.05, 0) is 43.4 Å². The molecule has 1 heterocycles. The quantitative estimate of drug-likeness (QED) is 0.815. The second-order valence-corrected chi connectivity index (χ2v) is 6.86. The number of nitrogens with zero attached hydrogens (tertiary/aromatic N) is 3. The molecule has 3 rings (SSSR count). The lowest BCUT2D eigenvalue weighted by molar-refractivity contribution is -0.138. The predicted octanol–water partition coefficient (Wildman–Crippen LogP) is 1.19. The molecule has 1 atom stereocenters. The molecule has 1 aromatic rings. The van der Waals surface area contributed by atoms with Crippen molar-refractivity contribution in [3.8, 4) is 6.07 Å². The summed E-state index contributed by atoms with van der Waals surface area (Å²) in [6, 6.07) is 7.97. The molecule has 7 nitrogen and oxygen atoms in total. The molecule has 1 N–H and O–H groups in total. The van der Waals surface area contributed by atoms with Crippen LogP contribution in [0.2, 0.25) is 0 Å². The number of nitrogens with one attached hydrogen (secondary N) is 1. The molecule has 0 aromatic heterocycles. The van der Waals surface area contributed by atoms with Crippen LogP contribution in [0.1, 0.15) is 30.9 Å². The highest BCUT2D eigenvalue weighted by molar-refractivity contribution is 6.09. The highest BCUT2D eigenvalue weighted by Gasteiger charge is 2.49. The number of amides is 4. The third kappa shape index (κ3) is 3.20. The van der Waals surface area contributed by atoms with Gasteiger partial charge in [0.2, 0.25) is 5.91 Å². The monoisotopic (exact) mass is 340 g/mol. The Morgan fingerprint density at radius 3 is 2.80 bits per heavy atom. The molecule has 0 radical (unpaired) electrons. The maximum absolute atomic E-state index is 12.8. The van der Waals surface area contributed by atoms with E-state index in [4.69, 9.17) is 5.26 Å². The van der Waals surface area contributed by atoms with Crippen molar-refractivity contribution in [2.75, 3.05) is 20.1 Å². The van der Waals surface area contributed by atoms with Crippen LogP contribution < -0.4 is 5.32 Å². The lowest BCUT2D eigenvalue weighted by atomic mass is 9.91. The van der Waals surface area contributed by atoms with Gasteiger partial charge in [0.15, 0.2) is 0 Å². The van der Waals surface area contributed by atoms with Crippen LogP contribution in [0.25, 0.3) is 0 Å². The summed E-state index contributed by atoms with van der Waals surface area (Å²) in [6.45, 7) is 1.97. The van der Waals surface area contributed by atoms with Gasteiger partial charge in [-0.25, -0.2) is 4.79 Å². The van der Waals surface area contributed by atoms with Crippen molar-refractivity contribution in [3.05, 3.63) is 35.4 Å². The zero-order valence-electron chi connectivity index (χ0n) is 14.3. The van der Waals surface area contributed by atoms with Crippen LogP contribution in [0.4, 0.5) is 4.79 Å². The topological polar surface area (TPSA) is 93.5 Å². The van der Waals surface area contributed by atoms with E-state index in [-0.39, 0.29) is 12.5 Å². The maximum atomic E-state index is 12.8. The summed E-state index contributed by atoms with van der Waals surface area (Å²) in [5.41, 5.74) is -0.357. The smallest absolute Gasteiger partial charge is 0.325 e. The fourth-order valence-corrected chi connectivity index (χ4v) is 2.98. The summed E-state index contributed by atoms with van der Waals surface area (Å²) in [5.74, 6) is -0.206. The zero-order valence-corrected chi connectivity index (χ0v) is 14.3. The van der Waals surface area contributed by atoms with Gasteiger partial charge in [-0.15, -0.1) is 0 Å². The molecule has 4 amide bonds. The van der Waals surface area contributed by atoms with Crippen molar-refractivity contribution in [2.45, 2.75) is 25.3 Å². The first-order chi connectivity index (χ1) is 11.8. The largest absolute Gasteiger partial charge is 0.344 e. The fraction of sp³-hybridized carbons (Fsp3) is 0.444. The van der Waals surface area contributed by atoms with E-state index in [1.807, 2.05) is 6.07 Å². The minimum atomic E-state index is -1.28. The minimum Gasteiger partial charge on any atom is -0.344 e.